The van der Waals surface area contributed by atoms with Crippen LogP contribution in [0.25, 0.3) is 0 Å². The van der Waals surface area contributed by atoms with Crippen LogP contribution in [0.4, 0.5) is 9.18 Å². The second kappa shape index (κ2) is 5.11. The lowest BCUT2D eigenvalue weighted by molar-refractivity contribution is -0.0332. The van der Waals surface area contributed by atoms with E-state index in [-0.39, 0.29) is 6.54 Å². The van der Waals surface area contributed by atoms with Crippen LogP contribution in [0.1, 0.15) is 13.3 Å². The molecule has 1 rings (SSSR count). The van der Waals surface area contributed by atoms with Crippen LogP contribution in [0, 0.1) is 0 Å². The normalized spacial score (nSPS) is 26.4. The standard InChI is InChI=1S/C10H16FNO3/c1-7(2)6-15-9-3-4-12(10(13)14)5-8(9)11/h8-9H,1,3-6H2,2H3,(H,13,14). The molecule has 2 unspecified atom stereocenters. The summed E-state index contributed by atoms with van der Waals surface area (Å²) in [6.07, 6.45) is -2.41. The van der Waals surface area contributed by atoms with Crippen molar-refractivity contribution in [3.05, 3.63) is 12.2 Å². The number of carboxylic acid groups (broad SMARTS) is 1. The fourth-order valence-electron chi connectivity index (χ4n) is 1.49. The van der Waals surface area contributed by atoms with E-state index in [1.807, 2.05) is 0 Å². The van der Waals surface area contributed by atoms with E-state index in [4.69, 9.17) is 9.84 Å². The third-order valence-corrected chi connectivity index (χ3v) is 2.30. The van der Waals surface area contributed by atoms with Gasteiger partial charge in [0.15, 0.2) is 0 Å². The van der Waals surface area contributed by atoms with Crippen molar-refractivity contribution in [2.75, 3.05) is 19.7 Å². The Morgan fingerprint density at radius 3 is 2.87 bits per heavy atom. The molecule has 4 nitrogen and oxygen atoms in total. The molecule has 0 aromatic heterocycles. The van der Waals surface area contributed by atoms with E-state index in [0.717, 1.165) is 10.5 Å². The van der Waals surface area contributed by atoms with Gasteiger partial charge in [0.05, 0.1) is 19.3 Å². The van der Waals surface area contributed by atoms with E-state index in [9.17, 15) is 9.18 Å². The molecule has 1 aliphatic heterocycles. The molecular formula is C10H16FNO3. The molecule has 0 aliphatic carbocycles. The maximum Gasteiger partial charge on any atom is 0.407 e. The van der Waals surface area contributed by atoms with E-state index < -0.39 is 18.4 Å². The summed E-state index contributed by atoms with van der Waals surface area (Å²) >= 11 is 0. The van der Waals surface area contributed by atoms with E-state index >= 15 is 0 Å². The number of ether oxygens (including phenoxy) is 1. The molecule has 1 heterocycles. The van der Waals surface area contributed by atoms with E-state index in [1.54, 1.807) is 6.92 Å². The quantitative estimate of drug-likeness (QED) is 0.731. The van der Waals surface area contributed by atoms with Gasteiger partial charge in [-0.15, -0.1) is 0 Å². The molecule has 1 N–H and O–H groups in total. The highest BCUT2D eigenvalue weighted by atomic mass is 19.1. The SMILES string of the molecule is C=C(C)COC1CCN(C(=O)O)CC1F. The van der Waals surface area contributed by atoms with Gasteiger partial charge >= 0.3 is 6.09 Å². The number of hydrogen-bond acceptors (Lipinski definition) is 2. The van der Waals surface area contributed by atoms with Crippen LogP contribution in [0.2, 0.25) is 0 Å². The number of alkyl halides is 1. The van der Waals surface area contributed by atoms with Gasteiger partial charge in [-0.25, -0.2) is 9.18 Å². The summed E-state index contributed by atoms with van der Waals surface area (Å²) in [5.41, 5.74) is 0.836. The summed E-state index contributed by atoms with van der Waals surface area (Å²) in [6.45, 7) is 6.02. The van der Waals surface area contributed by atoms with Crippen molar-refractivity contribution in [3.8, 4) is 0 Å². The Bertz CT molecular complexity index is 257. The van der Waals surface area contributed by atoms with Gasteiger partial charge in [0.2, 0.25) is 0 Å². The molecule has 86 valence electrons. The highest BCUT2D eigenvalue weighted by molar-refractivity contribution is 5.65. The lowest BCUT2D eigenvalue weighted by atomic mass is 10.1. The summed E-state index contributed by atoms with van der Waals surface area (Å²) in [4.78, 5) is 11.7. The number of likely N-dealkylation sites (tertiary alicyclic amines) is 1. The van der Waals surface area contributed by atoms with Crippen molar-refractivity contribution in [3.63, 3.8) is 0 Å². The van der Waals surface area contributed by atoms with Crippen LogP contribution < -0.4 is 0 Å². The largest absolute Gasteiger partial charge is 0.465 e. The van der Waals surface area contributed by atoms with Gasteiger partial charge in [0.1, 0.15) is 6.17 Å². The highest BCUT2D eigenvalue weighted by Gasteiger charge is 2.31. The molecule has 15 heavy (non-hydrogen) atoms. The van der Waals surface area contributed by atoms with Crippen molar-refractivity contribution in [2.24, 2.45) is 0 Å². The fraction of sp³-hybridized carbons (Fsp3) is 0.700. The zero-order chi connectivity index (χ0) is 11.4. The first kappa shape index (κ1) is 12.0. The first-order chi connectivity index (χ1) is 7.00. The third-order valence-electron chi connectivity index (χ3n) is 2.30. The second-order valence-electron chi connectivity index (χ2n) is 3.84. The van der Waals surface area contributed by atoms with Crippen LogP contribution in [0.3, 0.4) is 0 Å². The minimum absolute atomic E-state index is 0.101. The van der Waals surface area contributed by atoms with Crippen LogP contribution >= 0.6 is 0 Å². The molecule has 5 heteroatoms. The number of halogens is 1. The second-order valence-corrected chi connectivity index (χ2v) is 3.84. The van der Waals surface area contributed by atoms with Crippen molar-refractivity contribution < 1.29 is 19.0 Å². The molecule has 0 aromatic rings. The fourth-order valence-corrected chi connectivity index (χ4v) is 1.49. The molecule has 2 atom stereocenters. The van der Waals surface area contributed by atoms with Gasteiger partial charge in [-0.1, -0.05) is 12.2 Å². The molecule has 0 bridgehead atoms. The van der Waals surface area contributed by atoms with Crippen LogP contribution in [0.5, 0.6) is 0 Å². The third kappa shape index (κ3) is 3.51. The van der Waals surface area contributed by atoms with Crippen LogP contribution in [-0.4, -0.2) is 48.1 Å². The topological polar surface area (TPSA) is 49.8 Å². The van der Waals surface area contributed by atoms with Crippen LogP contribution in [-0.2, 0) is 4.74 Å². The lowest BCUT2D eigenvalue weighted by Crippen LogP contribution is -2.47. The Balaban J connectivity index is 2.38. The van der Waals surface area contributed by atoms with Gasteiger partial charge in [0, 0.05) is 6.54 Å². The highest BCUT2D eigenvalue weighted by Crippen LogP contribution is 2.17. The minimum Gasteiger partial charge on any atom is -0.465 e. The number of rotatable bonds is 3. The molecule has 1 aliphatic rings. The van der Waals surface area contributed by atoms with Crippen molar-refractivity contribution in [1.29, 1.82) is 0 Å². The Morgan fingerprint density at radius 2 is 2.40 bits per heavy atom. The van der Waals surface area contributed by atoms with Gasteiger partial charge in [0.25, 0.3) is 0 Å². The summed E-state index contributed by atoms with van der Waals surface area (Å²) < 4.78 is 18.7. The maximum atomic E-state index is 13.4. The van der Waals surface area contributed by atoms with Crippen molar-refractivity contribution >= 4 is 6.09 Å². The molecular weight excluding hydrogens is 201 g/mol. The Morgan fingerprint density at radius 1 is 1.73 bits per heavy atom. The van der Waals surface area contributed by atoms with Crippen molar-refractivity contribution in [2.45, 2.75) is 25.6 Å². The van der Waals surface area contributed by atoms with Gasteiger partial charge in [-0.05, 0) is 13.3 Å². The van der Waals surface area contributed by atoms with Gasteiger partial charge < -0.3 is 14.7 Å². The molecule has 0 spiro atoms. The maximum absolute atomic E-state index is 13.4. The average molecular weight is 217 g/mol. The monoisotopic (exact) mass is 217 g/mol. The predicted molar refractivity (Wildman–Crippen MR) is 53.7 cm³/mol. The average Bonchev–Trinajstić information content (AvgIpc) is 2.15. The molecule has 1 saturated heterocycles. The molecule has 0 saturated carbocycles. The van der Waals surface area contributed by atoms with Gasteiger partial charge in [-0.3, -0.25) is 0 Å². The molecule has 0 radical (unpaired) electrons. The lowest BCUT2D eigenvalue weighted by Gasteiger charge is -2.32. The minimum atomic E-state index is -1.24. The van der Waals surface area contributed by atoms with Crippen LogP contribution in [0.15, 0.2) is 12.2 Å². The Hall–Kier alpha value is -1.10. The number of hydrogen-bond donors (Lipinski definition) is 1. The number of piperidine rings is 1. The van der Waals surface area contributed by atoms with E-state index in [1.165, 1.54) is 0 Å². The summed E-state index contributed by atoms with van der Waals surface area (Å²) in [6, 6.07) is 0. The first-order valence-corrected chi connectivity index (χ1v) is 4.88. The smallest absolute Gasteiger partial charge is 0.407 e. The number of carbonyl (C=O) groups is 1. The predicted octanol–water partition coefficient (Wildman–Crippen LogP) is 1.67. The number of amides is 1. The molecule has 1 amide bonds. The molecule has 0 aromatic carbocycles. The zero-order valence-corrected chi connectivity index (χ0v) is 8.78. The first-order valence-electron chi connectivity index (χ1n) is 4.88. The summed E-state index contributed by atoms with van der Waals surface area (Å²) in [5, 5.41) is 8.66. The van der Waals surface area contributed by atoms with E-state index in [2.05, 4.69) is 6.58 Å². The van der Waals surface area contributed by atoms with E-state index in [0.29, 0.717) is 19.6 Å². The van der Waals surface area contributed by atoms with Gasteiger partial charge in [-0.2, -0.15) is 0 Å². The Kier molecular flexibility index (Phi) is 4.08. The summed E-state index contributed by atoms with van der Waals surface area (Å²) in [7, 11) is 0. The van der Waals surface area contributed by atoms with Crippen molar-refractivity contribution in [1.82, 2.24) is 4.90 Å². The zero-order valence-electron chi connectivity index (χ0n) is 8.78. The Labute approximate surface area is 88.3 Å². The number of nitrogens with zero attached hydrogens (tertiary/aromatic N) is 1. The summed E-state index contributed by atoms with van der Waals surface area (Å²) in [5.74, 6) is 0. The molecule has 1 fully saturated rings.